The molecule has 0 aliphatic heterocycles. The summed E-state index contributed by atoms with van der Waals surface area (Å²) in [6.45, 7) is 6.36. The zero-order valence-corrected chi connectivity index (χ0v) is 42.5. The molecule has 0 bridgehead atoms. The molecule has 0 aromatic carbocycles. The number of hydrogen-bond acceptors (Lipinski definition) is 6. The van der Waals surface area contributed by atoms with E-state index in [4.69, 9.17) is 14.2 Å². The molecule has 0 rings (SSSR count). The van der Waals surface area contributed by atoms with E-state index in [1.165, 1.54) is 122 Å². The summed E-state index contributed by atoms with van der Waals surface area (Å²) in [4.78, 5) is 38.0. The van der Waals surface area contributed by atoms with Crippen LogP contribution in [-0.2, 0) is 28.6 Å². The second-order valence-corrected chi connectivity index (χ2v) is 17.8. The Bertz CT molecular complexity index is 1270. The number of unbranched alkanes of at least 4 members (excludes halogenated alkanes) is 26. The lowest BCUT2D eigenvalue weighted by Crippen LogP contribution is -2.30. The summed E-state index contributed by atoms with van der Waals surface area (Å²) in [6, 6.07) is 0. The quantitative estimate of drug-likeness (QED) is 0.0199. The van der Waals surface area contributed by atoms with Crippen molar-refractivity contribution in [3.63, 3.8) is 0 Å². The molecule has 0 amide bonds. The standard InChI is InChI=1S/C59H100O6/c1-4-7-10-13-16-19-22-25-27-28-29-30-32-34-37-40-43-46-49-52-58(61)64-55-56(54-63-57(60)51-48-45-42-39-36-33-24-21-18-15-12-9-6-3)65-59(62)53-50-47-44-41-38-35-31-26-23-20-17-14-11-8-5-2/h7,9-10,12,15-16,18-19,21,24-25,27,33,36,56H,4-6,8,11,13-14,17,20,22-23,26,28-32,34-35,37-55H2,1-3H3/b10-7-,12-9-,18-15-,19-16-,24-21-,27-25-,36-33-. The molecule has 0 fully saturated rings. The normalized spacial score (nSPS) is 12.7. The predicted octanol–water partition coefficient (Wildman–Crippen LogP) is 18.0. The summed E-state index contributed by atoms with van der Waals surface area (Å²) in [5.74, 6) is -0.931. The number of carbonyl (C=O) groups excluding carboxylic acids is 3. The van der Waals surface area contributed by atoms with Gasteiger partial charge in [0, 0.05) is 19.3 Å². The highest BCUT2D eigenvalue weighted by atomic mass is 16.6. The van der Waals surface area contributed by atoms with E-state index in [9.17, 15) is 14.4 Å². The molecule has 372 valence electrons. The van der Waals surface area contributed by atoms with Gasteiger partial charge in [0.25, 0.3) is 0 Å². The fourth-order valence-electron chi connectivity index (χ4n) is 7.47. The number of carbonyl (C=O) groups is 3. The van der Waals surface area contributed by atoms with Crippen LogP contribution in [-0.4, -0.2) is 37.2 Å². The minimum absolute atomic E-state index is 0.0908. The van der Waals surface area contributed by atoms with Crippen molar-refractivity contribution >= 4 is 17.9 Å². The Morgan fingerprint density at radius 2 is 0.677 bits per heavy atom. The molecule has 0 aliphatic rings. The maximum atomic E-state index is 12.8. The van der Waals surface area contributed by atoms with Crippen molar-refractivity contribution in [3.05, 3.63) is 85.1 Å². The second kappa shape index (κ2) is 53.2. The summed E-state index contributed by atoms with van der Waals surface area (Å²) >= 11 is 0. The van der Waals surface area contributed by atoms with E-state index < -0.39 is 6.10 Å². The van der Waals surface area contributed by atoms with Gasteiger partial charge in [-0.15, -0.1) is 0 Å². The highest BCUT2D eigenvalue weighted by molar-refractivity contribution is 5.71. The van der Waals surface area contributed by atoms with Gasteiger partial charge in [0.2, 0.25) is 0 Å². The monoisotopic (exact) mass is 905 g/mol. The molecule has 0 saturated heterocycles. The molecular weight excluding hydrogens is 805 g/mol. The lowest BCUT2D eigenvalue weighted by Gasteiger charge is -2.18. The van der Waals surface area contributed by atoms with Crippen molar-refractivity contribution < 1.29 is 28.6 Å². The number of rotatable bonds is 48. The van der Waals surface area contributed by atoms with E-state index in [1.807, 2.05) is 30.4 Å². The summed E-state index contributed by atoms with van der Waals surface area (Å²) in [5, 5.41) is 0. The van der Waals surface area contributed by atoms with E-state index >= 15 is 0 Å². The Kier molecular flexibility index (Phi) is 50.4. The van der Waals surface area contributed by atoms with Crippen LogP contribution in [0.15, 0.2) is 85.1 Å². The van der Waals surface area contributed by atoms with Crippen LogP contribution < -0.4 is 0 Å². The predicted molar refractivity (Wildman–Crippen MR) is 279 cm³/mol. The van der Waals surface area contributed by atoms with Gasteiger partial charge in [-0.1, -0.05) is 247 Å². The van der Waals surface area contributed by atoms with Gasteiger partial charge >= 0.3 is 17.9 Å². The fraction of sp³-hybridized carbons (Fsp3) is 0.712. The molecule has 6 nitrogen and oxygen atoms in total. The first kappa shape index (κ1) is 61.6. The minimum atomic E-state index is -0.793. The number of allylic oxidation sites excluding steroid dienone is 14. The highest BCUT2D eigenvalue weighted by Gasteiger charge is 2.19. The maximum absolute atomic E-state index is 12.8. The Labute approximate surface area is 401 Å². The van der Waals surface area contributed by atoms with Crippen LogP contribution in [0.4, 0.5) is 0 Å². The average molecular weight is 905 g/mol. The zero-order valence-electron chi connectivity index (χ0n) is 42.5. The van der Waals surface area contributed by atoms with E-state index in [0.29, 0.717) is 19.3 Å². The molecule has 0 radical (unpaired) electrons. The molecule has 1 atom stereocenters. The first-order chi connectivity index (χ1) is 32.0. The van der Waals surface area contributed by atoms with Crippen molar-refractivity contribution in [3.8, 4) is 0 Å². The van der Waals surface area contributed by atoms with Crippen LogP contribution in [0.5, 0.6) is 0 Å². The molecular formula is C59H100O6. The van der Waals surface area contributed by atoms with Gasteiger partial charge in [-0.05, 0) is 70.6 Å². The first-order valence-electron chi connectivity index (χ1n) is 27.1. The highest BCUT2D eigenvalue weighted by Crippen LogP contribution is 2.16. The van der Waals surface area contributed by atoms with Crippen molar-refractivity contribution in [2.24, 2.45) is 0 Å². The van der Waals surface area contributed by atoms with Gasteiger partial charge in [0.1, 0.15) is 13.2 Å². The molecule has 0 aromatic rings. The molecule has 0 spiro atoms. The van der Waals surface area contributed by atoms with E-state index in [1.54, 1.807) is 0 Å². The Morgan fingerprint density at radius 3 is 1.14 bits per heavy atom. The van der Waals surface area contributed by atoms with E-state index in [-0.39, 0.29) is 31.1 Å². The first-order valence-corrected chi connectivity index (χ1v) is 27.1. The maximum Gasteiger partial charge on any atom is 0.306 e. The van der Waals surface area contributed by atoms with Gasteiger partial charge in [0.05, 0.1) is 0 Å². The molecule has 6 heteroatoms. The third kappa shape index (κ3) is 51.4. The van der Waals surface area contributed by atoms with Gasteiger partial charge < -0.3 is 14.2 Å². The van der Waals surface area contributed by atoms with Gasteiger partial charge in [0.15, 0.2) is 6.10 Å². The van der Waals surface area contributed by atoms with Crippen LogP contribution in [0.1, 0.15) is 252 Å². The number of ether oxygens (including phenoxy) is 3. The van der Waals surface area contributed by atoms with Crippen LogP contribution in [0.3, 0.4) is 0 Å². The molecule has 0 aliphatic carbocycles. The largest absolute Gasteiger partial charge is 0.462 e. The smallest absolute Gasteiger partial charge is 0.306 e. The molecule has 0 N–H and O–H groups in total. The van der Waals surface area contributed by atoms with Crippen LogP contribution in [0.2, 0.25) is 0 Å². The van der Waals surface area contributed by atoms with Crippen molar-refractivity contribution in [1.82, 2.24) is 0 Å². The van der Waals surface area contributed by atoms with Crippen LogP contribution >= 0.6 is 0 Å². The Balaban J connectivity index is 4.40. The molecule has 65 heavy (non-hydrogen) atoms. The van der Waals surface area contributed by atoms with Gasteiger partial charge in [-0.3, -0.25) is 14.4 Å². The van der Waals surface area contributed by atoms with Crippen molar-refractivity contribution in [1.29, 1.82) is 0 Å². The van der Waals surface area contributed by atoms with Gasteiger partial charge in [-0.2, -0.15) is 0 Å². The SMILES string of the molecule is CC\C=C/C=C\C=C/C=C\CCCCCC(=O)OCC(COC(=O)CCCCCCCCCCC/C=C\C/C=C\C/C=C\CC)OC(=O)CCCCCCCCCCCCCCCCC. The van der Waals surface area contributed by atoms with Gasteiger partial charge in [-0.25, -0.2) is 0 Å². The number of hydrogen-bond donors (Lipinski definition) is 0. The average Bonchev–Trinajstić information content (AvgIpc) is 3.30. The molecule has 0 aromatic heterocycles. The zero-order chi connectivity index (χ0) is 47.2. The third-order valence-electron chi connectivity index (χ3n) is 11.5. The van der Waals surface area contributed by atoms with Crippen molar-refractivity contribution in [2.75, 3.05) is 13.2 Å². The second-order valence-electron chi connectivity index (χ2n) is 17.8. The fourth-order valence-corrected chi connectivity index (χ4v) is 7.47. The molecule has 0 saturated carbocycles. The van der Waals surface area contributed by atoms with Crippen LogP contribution in [0.25, 0.3) is 0 Å². The third-order valence-corrected chi connectivity index (χ3v) is 11.5. The summed E-state index contributed by atoms with van der Waals surface area (Å²) in [6.07, 6.45) is 68.6. The topological polar surface area (TPSA) is 78.9 Å². The van der Waals surface area contributed by atoms with E-state index in [2.05, 4.69) is 75.5 Å². The number of esters is 3. The molecule has 1 unspecified atom stereocenters. The Morgan fingerprint density at radius 1 is 0.338 bits per heavy atom. The lowest BCUT2D eigenvalue weighted by molar-refractivity contribution is -0.167. The lowest BCUT2D eigenvalue weighted by atomic mass is 10.0. The summed E-state index contributed by atoms with van der Waals surface area (Å²) in [5.41, 5.74) is 0. The summed E-state index contributed by atoms with van der Waals surface area (Å²) in [7, 11) is 0. The van der Waals surface area contributed by atoms with Crippen molar-refractivity contribution in [2.45, 2.75) is 258 Å². The summed E-state index contributed by atoms with van der Waals surface area (Å²) < 4.78 is 16.8. The van der Waals surface area contributed by atoms with E-state index in [0.717, 1.165) is 89.9 Å². The minimum Gasteiger partial charge on any atom is -0.462 e. The van der Waals surface area contributed by atoms with Crippen LogP contribution in [0, 0.1) is 0 Å². The Hall–Kier alpha value is -3.41. The molecule has 0 heterocycles.